The number of thiol groups is 1. The van der Waals surface area contributed by atoms with E-state index in [0.29, 0.717) is 31.5 Å². The van der Waals surface area contributed by atoms with Gasteiger partial charge in [-0.05, 0) is 37.9 Å². The Hall–Kier alpha value is -2.12. The van der Waals surface area contributed by atoms with E-state index in [1.54, 1.807) is 11.0 Å². The third kappa shape index (κ3) is 2.95. The van der Waals surface area contributed by atoms with E-state index in [2.05, 4.69) is 17.9 Å². The highest BCUT2D eigenvalue weighted by atomic mass is 32.1. The number of Topliss-reactive ketones (excluding diaryl/α,β-unsaturated/α-hetero) is 1. The molecule has 2 saturated heterocycles. The number of benzene rings is 1. The molecule has 2 fully saturated rings. The summed E-state index contributed by atoms with van der Waals surface area (Å²) in [6.07, 6.45) is 1.98. The summed E-state index contributed by atoms with van der Waals surface area (Å²) in [5, 5.41) is 3.57. The van der Waals surface area contributed by atoms with Gasteiger partial charge in [0.1, 0.15) is 5.58 Å². The lowest BCUT2D eigenvalue weighted by molar-refractivity contribution is -0.129. The van der Waals surface area contributed by atoms with E-state index in [1.165, 1.54) is 0 Å². The molecule has 6 nitrogen and oxygen atoms in total. The molecule has 0 spiro atoms. The van der Waals surface area contributed by atoms with E-state index in [9.17, 15) is 14.4 Å². The van der Waals surface area contributed by atoms with Crippen molar-refractivity contribution in [3.63, 3.8) is 0 Å². The van der Waals surface area contributed by atoms with Gasteiger partial charge in [-0.25, -0.2) is 0 Å². The second-order valence-electron chi connectivity index (χ2n) is 6.87. The number of carbonyl (C=O) groups is 3. The number of nitrogens with zero attached hydrogens (tertiary/aromatic N) is 1. The van der Waals surface area contributed by atoms with Gasteiger partial charge in [0.05, 0.1) is 12.1 Å². The summed E-state index contributed by atoms with van der Waals surface area (Å²) in [4.78, 5) is 39.2. The molecule has 3 atom stereocenters. The van der Waals surface area contributed by atoms with E-state index in [0.717, 1.165) is 11.8 Å². The standard InChI is InChI=1S/C19H20N2O4S/c22-17(12-7-8-20-16(12)19(24)26)13-5-3-9-21(13)18(23)15-10-11-4-1-2-6-14(11)25-15/h1-2,4,6,10,12-13,16,20H,3,5,7-9H2,(H,24,26)/t12?,13-,16-/m0/s1. The summed E-state index contributed by atoms with van der Waals surface area (Å²) in [6, 6.07) is 8.08. The SMILES string of the molecule is O=C(S)[C@H]1NCCC1C(=O)[C@@H]1CCCN1C(=O)c1cc2ccccc2o1. The maximum Gasteiger partial charge on any atom is 0.290 e. The number of carbonyl (C=O) groups excluding carboxylic acids is 3. The Bertz CT molecular complexity index is 844. The van der Waals surface area contributed by atoms with Crippen molar-refractivity contribution in [3.8, 4) is 0 Å². The van der Waals surface area contributed by atoms with Crippen LogP contribution in [0, 0.1) is 5.92 Å². The van der Waals surface area contributed by atoms with Gasteiger partial charge in [-0.2, -0.15) is 0 Å². The highest BCUT2D eigenvalue weighted by Gasteiger charge is 2.44. The summed E-state index contributed by atoms with van der Waals surface area (Å²) in [6.45, 7) is 1.13. The summed E-state index contributed by atoms with van der Waals surface area (Å²) < 4.78 is 5.67. The fraction of sp³-hybridized carbons (Fsp3) is 0.421. The van der Waals surface area contributed by atoms with Gasteiger partial charge in [0.2, 0.25) is 5.12 Å². The van der Waals surface area contributed by atoms with Crippen LogP contribution in [0.2, 0.25) is 0 Å². The number of hydrogen-bond acceptors (Lipinski definition) is 5. The Morgan fingerprint density at radius 3 is 2.77 bits per heavy atom. The highest BCUT2D eigenvalue weighted by molar-refractivity contribution is 7.96. The molecular formula is C19H20N2O4S. The third-order valence-electron chi connectivity index (χ3n) is 5.33. The Morgan fingerprint density at radius 2 is 2.00 bits per heavy atom. The van der Waals surface area contributed by atoms with Gasteiger partial charge in [0.15, 0.2) is 11.5 Å². The predicted octanol–water partition coefficient (Wildman–Crippen LogP) is 2.04. The number of furan rings is 1. The number of nitrogens with one attached hydrogen (secondary N) is 1. The first kappa shape index (κ1) is 17.3. The minimum atomic E-state index is -0.561. The number of rotatable bonds is 4. The van der Waals surface area contributed by atoms with Crippen LogP contribution in [0.1, 0.15) is 29.8 Å². The molecule has 1 N–H and O–H groups in total. The smallest absolute Gasteiger partial charge is 0.290 e. The van der Waals surface area contributed by atoms with Crippen molar-refractivity contribution in [3.05, 3.63) is 36.1 Å². The second-order valence-corrected chi connectivity index (χ2v) is 7.31. The van der Waals surface area contributed by atoms with E-state index in [1.807, 2.05) is 24.3 Å². The molecule has 2 aliphatic heterocycles. The molecule has 0 saturated carbocycles. The van der Waals surface area contributed by atoms with Crippen molar-refractivity contribution in [1.29, 1.82) is 0 Å². The Kier molecular flexibility index (Phi) is 4.58. The van der Waals surface area contributed by atoms with Crippen LogP contribution in [0.25, 0.3) is 11.0 Å². The molecule has 1 aromatic heterocycles. The summed E-state index contributed by atoms with van der Waals surface area (Å²) in [5.74, 6) is -0.493. The van der Waals surface area contributed by atoms with E-state index in [4.69, 9.17) is 4.42 Å². The van der Waals surface area contributed by atoms with Gasteiger partial charge in [0.25, 0.3) is 5.91 Å². The summed E-state index contributed by atoms with van der Waals surface area (Å²) >= 11 is 3.89. The van der Waals surface area contributed by atoms with Gasteiger partial charge >= 0.3 is 0 Å². The molecule has 2 aromatic rings. The molecule has 4 rings (SSSR count). The normalized spacial score (nSPS) is 25.7. The third-order valence-corrected chi connectivity index (χ3v) is 5.61. The molecule has 1 aromatic carbocycles. The molecule has 2 aliphatic rings. The van der Waals surface area contributed by atoms with Crippen LogP contribution in [0.5, 0.6) is 0 Å². The van der Waals surface area contributed by atoms with Crippen molar-refractivity contribution >= 4 is 40.4 Å². The van der Waals surface area contributed by atoms with Crippen LogP contribution < -0.4 is 5.32 Å². The maximum absolute atomic E-state index is 13.0. The minimum absolute atomic E-state index is 0.0515. The first-order valence-corrected chi connectivity index (χ1v) is 9.30. The number of fused-ring (bicyclic) bond motifs is 1. The minimum Gasteiger partial charge on any atom is -0.451 e. The van der Waals surface area contributed by atoms with Gasteiger partial charge in [-0.3, -0.25) is 14.4 Å². The van der Waals surface area contributed by atoms with Crippen molar-refractivity contribution in [2.24, 2.45) is 5.92 Å². The van der Waals surface area contributed by atoms with E-state index in [-0.39, 0.29) is 22.6 Å². The number of ketones is 1. The molecule has 1 amide bonds. The van der Waals surface area contributed by atoms with Gasteiger partial charge < -0.3 is 14.6 Å². The van der Waals surface area contributed by atoms with E-state index < -0.39 is 18.0 Å². The van der Waals surface area contributed by atoms with E-state index >= 15 is 0 Å². The fourth-order valence-electron chi connectivity index (χ4n) is 4.05. The lowest BCUT2D eigenvalue weighted by Gasteiger charge is -2.26. The molecule has 7 heteroatoms. The summed E-state index contributed by atoms with van der Waals surface area (Å²) in [7, 11) is 0. The first-order valence-electron chi connectivity index (χ1n) is 8.86. The fourth-order valence-corrected chi connectivity index (χ4v) is 4.32. The van der Waals surface area contributed by atoms with Crippen LogP contribution in [0.3, 0.4) is 0 Å². The average molecular weight is 372 g/mol. The van der Waals surface area contributed by atoms with Crippen molar-refractivity contribution in [2.75, 3.05) is 13.1 Å². The van der Waals surface area contributed by atoms with Gasteiger partial charge in [0, 0.05) is 17.8 Å². The molecule has 0 radical (unpaired) electrons. The van der Waals surface area contributed by atoms with Crippen molar-refractivity contribution in [2.45, 2.75) is 31.3 Å². The highest BCUT2D eigenvalue weighted by Crippen LogP contribution is 2.29. The van der Waals surface area contributed by atoms with Gasteiger partial charge in [-0.1, -0.05) is 18.2 Å². The molecule has 3 heterocycles. The lowest BCUT2D eigenvalue weighted by atomic mass is 9.90. The van der Waals surface area contributed by atoms with Gasteiger partial charge in [-0.15, -0.1) is 12.6 Å². The van der Waals surface area contributed by atoms with Crippen molar-refractivity contribution in [1.82, 2.24) is 10.2 Å². The van der Waals surface area contributed by atoms with Crippen LogP contribution in [0.15, 0.2) is 34.7 Å². The van der Waals surface area contributed by atoms with Crippen LogP contribution >= 0.6 is 12.6 Å². The number of hydrogen-bond donors (Lipinski definition) is 2. The monoisotopic (exact) mass is 372 g/mol. The molecule has 136 valence electrons. The van der Waals surface area contributed by atoms with Crippen LogP contribution in [-0.2, 0) is 9.59 Å². The second kappa shape index (κ2) is 6.89. The summed E-state index contributed by atoms with van der Waals surface area (Å²) in [5.41, 5.74) is 0.652. The zero-order valence-electron chi connectivity index (χ0n) is 14.2. The predicted molar refractivity (Wildman–Crippen MR) is 99.2 cm³/mol. The van der Waals surface area contributed by atoms with Crippen LogP contribution in [-0.4, -0.2) is 46.9 Å². The largest absolute Gasteiger partial charge is 0.451 e. The lowest BCUT2D eigenvalue weighted by Crippen LogP contribution is -2.46. The topological polar surface area (TPSA) is 79.6 Å². The number of amides is 1. The molecule has 0 aliphatic carbocycles. The molecule has 26 heavy (non-hydrogen) atoms. The first-order chi connectivity index (χ1) is 12.6. The van der Waals surface area contributed by atoms with Crippen LogP contribution in [0.4, 0.5) is 0 Å². The van der Waals surface area contributed by atoms with Crippen molar-refractivity contribution < 1.29 is 18.8 Å². The number of para-hydroxylation sites is 1. The number of likely N-dealkylation sites (tertiary alicyclic amines) is 1. The molecule has 0 bridgehead atoms. The maximum atomic E-state index is 13.0. The quantitative estimate of drug-likeness (QED) is 0.803. The molecular weight excluding hydrogens is 352 g/mol. The Morgan fingerprint density at radius 1 is 1.19 bits per heavy atom. The Labute approximate surface area is 156 Å². The molecule has 1 unspecified atom stereocenters. The zero-order valence-corrected chi connectivity index (χ0v) is 15.1. The Balaban J connectivity index is 1.57. The average Bonchev–Trinajstić information content (AvgIpc) is 3.38. The zero-order chi connectivity index (χ0) is 18.3.